The van der Waals surface area contributed by atoms with E-state index in [0.29, 0.717) is 6.04 Å². The first kappa shape index (κ1) is 10.7. The molecule has 2 heterocycles. The van der Waals surface area contributed by atoms with Crippen LogP contribution in [0.1, 0.15) is 50.8 Å². The van der Waals surface area contributed by atoms with Gasteiger partial charge in [0.15, 0.2) is 0 Å². The zero-order valence-corrected chi connectivity index (χ0v) is 9.58. The summed E-state index contributed by atoms with van der Waals surface area (Å²) in [6.07, 6.45) is 8.37. The minimum atomic E-state index is 0.529. The van der Waals surface area contributed by atoms with Gasteiger partial charge in [0.2, 0.25) is 0 Å². The summed E-state index contributed by atoms with van der Waals surface area (Å²) < 4.78 is 2.16. The molecular formula is C12H21N3. The van der Waals surface area contributed by atoms with Crippen molar-refractivity contribution in [2.45, 2.75) is 51.6 Å². The van der Waals surface area contributed by atoms with Crippen LogP contribution in [0.25, 0.3) is 0 Å². The van der Waals surface area contributed by atoms with Gasteiger partial charge >= 0.3 is 0 Å². The third kappa shape index (κ3) is 2.59. The molecule has 0 aliphatic carbocycles. The zero-order chi connectivity index (χ0) is 10.5. The van der Waals surface area contributed by atoms with Crippen LogP contribution in [0.3, 0.4) is 0 Å². The van der Waals surface area contributed by atoms with Crippen molar-refractivity contribution in [2.24, 2.45) is 0 Å². The van der Waals surface area contributed by atoms with E-state index in [1.807, 2.05) is 6.20 Å². The van der Waals surface area contributed by atoms with E-state index < -0.39 is 0 Å². The topological polar surface area (TPSA) is 29.9 Å². The van der Waals surface area contributed by atoms with E-state index in [4.69, 9.17) is 0 Å². The number of nitrogens with one attached hydrogen (secondary N) is 1. The van der Waals surface area contributed by atoms with Crippen molar-refractivity contribution in [3.8, 4) is 0 Å². The molecule has 1 aliphatic heterocycles. The molecule has 2 rings (SSSR count). The zero-order valence-electron chi connectivity index (χ0n) is 9.58. The summed E-state index contributed by atoms with van der Waals surface area (Å²) in [5.41, 5.74) is 1.37. The Labute approximate surface area is 91.9 Å². The fourth-order valence-electron chi connectivity index (χ4n) is 2.32. The molecule has 15 heavy (non-hydrogen) atoms. The van der Waals surface area contributed by atoms with Crippen molar-refractivity contribution in [3.05, 3.63) is 18.0 Å². The van der Waals surface area contributed by atoms with Crippen molar-refractivity contribution in [3.63, 3.8) is 0 Å². The van der Waals surface area contributed by atoms with Crippen molar-refractivity contribution < 1.29 is 0 Å². The molecule has 1 aromatic heterocycles. The maximum atomic E-state index is 4.39. The van der Waals surface area contributed by atoms with E-state index in [-0.39, 0.29) is 0 Å². The van der Waals surface area contributed by atoms with Crippen LogP contribution in [0.15, 0.2) is 12.3 Å². The van der Waals surface area contributed by atoms with E-state index in [2.05, 4.69) is 28.1 Å². The second kappa shape index (κ2) is 5.31. The van der Waals surface area contributed by atoms with Gasteiger partial charge in [-0.2, -0.15) is 5.10 Å². The Balaban J connectivity index is 2.08. The molecule has 1 unspecified atom stereocenters. The summed E-state index contributed by atoms with van der Waals surface area (Å²) in [5.74, 6) is 0. The van der Waals surface area contributed by atoms with Gasteiger partial charge in [-0.3, -0.25) is 4.68 Å². The highest BCUT2D eigenvalue weighted by molar-refractivity contribution is 5.07. The van der Waals surface area contributed by atoms with Gasteiger partial charge in [0, 0.05) is 18.8 Å². The van der Waals surface area contributed by atoms with E-state index in [1.165, 1.54) is 31.4 Å². The van der Waals surface area contributed by atoms with Crippen LogP contribution < -0.4 is 5.32 Å². The monoisotopic (exact) mass is 207 g/mol. The molecule has 0 bridgehead atoms. The minimum Gasteiger partial charge on any atom is -0.309 e. The summed E-state index contributed by atoms with van der Waals surface area (Å²) in [7, 11) is 0. The molecule has 84 valence electrons. The van der Waals surface area contributed by atoms with Gasteiger partial charge in [0.1, 0.15) is 0 Å². The van der Waals surface area contributed by atoms with Crippen molar-refractivity contribution in [2.75, 3.05) is 6.54 Å². The van der Waals surface area contributed by atoms with Crippen LogP contribution in [0.2, 0.25) is 0 Å². The highest BCUT2D eigenvalue weighted by Gasteiger charge is 2.16. The van der Waals surface area contributed by atoms with Crippen LogP contribution in [0.4, 0.5) is 0 Å². The standard InChI is InChI=1S/C12H21N3/c1-2-10-15-12(7-9-14-15)11-6-4-3-5-8-13-11/h7,9,11,13H,2-6,8,10H2,1H3. The molecule has 0 spiro atoms. The van der Waals surface area contributed by atoms with Crippen LogP contribution in [0, 0.1) is 0 Å². The number of rotatable bonds is 3. The largest absolute Gasteiger partial charge is 0.309 e. The lowest BCUT2D eigenvalue weighted by molar-refractivity contribution is 0.468. The lowest BCUT2D eigenvalue weighted by Gasteiger charge is -2.17. The molecule has 1 fully saturated rings. The van der Waals surface area contributed by atoms with Crippen molar-refractivity contribution in [1.29, 1.82) is 0 Å². The first-order valence-corrected chi connectivity index (χ1v) is 6.17. The minimum absolute atomic E-state index is 0.529. The molecule has 1 aliphatic rings. The lowest BCUT2D eigenvalue weighted by atomic mass is 10.1. The van der Waals surface area contributed by atoms with Crippen LogP contribution in [-0.4, -0.2) is 16.3 Å². The molecule has 1 N–H and O–H groups in total. The van der Waals surface area contributed by atoms with Crippen LogP contribution >= 0.6 is 0 Å². The Morgan fingerprint density at radius 2 is 2.40 bits per heavy atom. The normalized spacial score (nSPS) is 22.6. The Hall–Kier alpha value is -0.830. The average molecular weight is 207 g/mol. The molecule has 0 aromatic carbocycles. The fraction of sp³-hybridized carbons (Fsp3) is 0.750. The Kier molecular flexibility index (Phi) is 3.78. The molecule has 1 atom stereocenters. The van der Waals surface area contributed by atoms with Gasteiger partial charge in [0.25, 0.3) is 0 Å². The number of nitrogens with zero attached hydrogens (tertiary/aromatic N) is 2. The second-order valence-electron chi connectivity index (χ2n) is 4.34. The molecule has 0 amide bonds. The van der Waals surface area contributed by atoms with E-state index in [9.17, 15) is 0 Å². The van der Waals surface area contributed by atoms with Gasteiger partial charge in [-0.25, -0.2) is 0 Å². The molecule has 1 aromatic rings. The Morgan fingerprint density at radius 3 is 3.27 bits per heavy atom. The summed E-state index contributed by atoms with van der Waals surface area (Å²) in [6.45, 7) is 4.40. The fourth-order valence-corrected chi connectivity index (χ4v) is 2.32. The quantitative estimate of drug-likeness (QED) is 0.825. The molecular weight excluding hydrogens is 186 g/mol. The van der Waals surface area contributed by atoms with Gasteiger partial charge in [-0.05, 0) is 31.9 Å². The SMILES string of the molecule is CCCn1nccc1C1CCCCCN1. The predicted molar refractivity (Wildman–Crippen MR) is 61.7 cm³/mol. The lowest BCUT2D eigenvalue weighted by Crippen LogP contribution is -2.23. The number of hydrogen-bond donors (Lipinski definition) is 1. The Morgan fingerprint density at radius 1 is 1.47 bits per heavy atom. The molecule has 0 radical (unpaired) electrons. The first-order valence-electron chi connectivity index (χ1n) is 6.17. The smallest absolute Gasteiger partial charge is 0.0553 e. The third-order valence-electron chi connectivity index (χ3n) is 3.10. The summed E-state index contributed by atoms with van der Waals surface area (Å²) in [6, 6.07) is 2.69. The first-order chi connectivity index (χ1) is 7.42. The highest BCUT2D eigenvalue weighted by Crippen LogP contribution is 2.22. The van der Waals surface area contributed by atoms with Crippen LogP contribution in [0.5, 0.6) is 0 Å². The van der Waals surface area contributed by atoms with Crippen molar-refractivity contribution in [1.82, 2.24) is 15.1 Å². The maximum absolute atomic E-state index is 4.39. The van der Waals surface area contributed by atoms with Crippen LogP contribution in [-0.2, 0) is 6.54 Å². The third-order valence-corrected chi connectivity index (χ3v) is 3.10. The Bertz CT molecular complexity index is 285. The van der Waals surface area contributed by atoms with E-state index >= 15 is 0 Å². The molecule has 1 saturated heterocycles. The van der Waals surface area contributed by atoms with Gasteiger partial charge in [-0.1, -0.05) is 19.8 Å². The van der Waals surface area contributed by atoms with E-state index in [0.717, 1.165) is 19.5 Å². The summed E-state index contributed by atoms with van der Waals surface area (Å²) in [5, 5.41) is 8.01. The van der Waals surface area contributed by atoms with Crippen molar-refractivity contribution >= 4 is 0 Å². The maximum Gasteiger partial charge on any atom is 0.0553 e. The molecule has 3 heteroatoms. The van der Waals surface area contributed by atoms with Gasteiger partial charge in [0.05, 0.1) is 5.69 Å². The summed E-state index contributed by atoms with van der Waals surface area (Å²) in [4.78, 5) is 0. The number of aromatic nitrogens is 2. The number of hydrogen-bond acceptors (Lipinski definition) is 2. The van der Waals surface area contributed by atoms with Gasteiger partial charge < -0.3 is 5.32 Å². The summed E-state index contributed by atoms with van der Waals surface area (Å²) >= 11 is 0. The van der Waals surface area contributed by atoms with E-state index in [1.54, 1.807) is 0 Å². The predicted octanol–water partition coefficient (Wildman–Crippen LogP) is 2.50. The molecule has 0 saturated carbocycles. The molecule has 3 nitrogen and oxygen atoms in total. The average Bonchev–Trinajstić information content (AvgIpc) is 2.53. The van der Waals surface area contributed by atoms with Gasteiger partial charge in [-0.15, -0.1) is 0 Å². The number of aryl methyl sites for hydroxylation is 1. The second-order valence-corrected chi connectivity index (χ2v) is 4.34. The highest BCUT2D eigenvalue weighted by atomic mass is 15.3.